The van der Waals surface area contributed by atoms with Crippen LogP contribution in [0.25, 0.3) is 0 Å². The summed E-state index contributed by atoms with van der Waals surface area (Å²) in [5.74, 6) is 2.80. The average molecular weight is 584 g/mol. The monoisotopic (exact) mass is 583 g/mol. The van der Waals surface area contributed by atoms with Crippen molar-refractivity contribution >= 4 is 39.3 Å². The smallest absolute Gasteiger partial charge is 0.231 e. The summed E-state index contributed by atoms with van der Waals surface area (Å²) in [6, 6.07) is 11.4. The van der Waals surface area contributed by atoms with Crippen molar-refractivity contribution in [2.45, 2.75) is 57.4 Å². The molecule has 1 aliphatic carbocycles. The van der Waals surface area contributed by atoms with E-state index in [0.717, 1.165) is 53.7 Å². The van der Waals surface area contributed by atoms with Gasteiger partial charge in [-0.15, -0.1) is 10.2 Å². The topological polar surface area (TPSA) is 124 Å². The number of hydrogen-bond donors (Lipinski definition) is 2. The van der Waals surface area contributed by atoms with Gasteiger partial charge in [-0.05, 0) is 44.2 Å². The summed E-state index contributed by atoms with van der Waals surface area (Å²) in [4.78, 5) is 25.7. The molecule has 0 spiro atoms. The molecule has 40 heavy (non-hydrogen) atoms. The third-order valence-corrected chi connectivity index (χ3v) is 8.90. The number of hydrogen-bond acceptors (Lipinski definition) is 11. The Morgan fingerprint density at radius 3 is 2.55 bits per heavy atom. The molecule has 1 fully saturated rings. The standard InChI is InChI=1S/C28H37N7O3S2/c1-18(14-21-10-6-12-24(31-21)37-3)30-28-35-34-26(40-28)20-9-5-8-19(15-20)17-39-27(29-2)33-23(36)16-22-11-7-13-25(32-22)38-4/h6-7,10-13,18-20H,5,8-9,14-17H2,1-4H3,(H,30,35)(H,29,33,36)/t18?,19-,20?/m1/s1. The Hall–Kier alpha value is -3.25. The number of thioether (sulfide) groups is 1. The number of amidine groups is 1. The highest BCUT2D eigenvalue weighted by atomic mass is 32.2. The highest BCUT2D eigenvalue weighted by molar-refractivity contribution is 8.13. The molecule has 1 aliphatic rings. The summed E-state index contributed by atoms with van der Waals surface area (Å²) in [5, 5.41) is 17.9. The van der Waals surface area contributed by atoms with Crippen LogP contribution in [0.15, 0.2) is 41.4 Å². The Balaban J connectivity index is 1.23. The van der Waals surface area contributed by atoms with Crippen molar-refractivity contribution in [3.8, 4) is 11.8 Å². The van der Waals surface area contributed by atoms with Crippen LogP contribution in [0.5, 0.6) is 11.8 Å². The van der Waals surface area contributed by atoms with Crippen molar-refractivity contribution in [3.05, 3.63) is 52.8 Å². The van der Waals surface area contributed by atoms with E-state index in [2.05, 4.69) is 42.7 Å². The second-order valence-corrected chi connectivity index (χ2v) is 11.8. The number of anilines is 1. The van der Waals surface area contributed by atoms with Gasteiger partial charge in [0.15, 0.2) is 5.17 Å². The van der Waals surface area contributed by atoms with Crippen LogP contribution in [-0.2, 0) is 17.6 Å². The van der Waals surface area contributed by atoms with Crippen molar-refractivity contribution in [1.82, 2.24) is 25.5 Å². The molecule has 1 saturated carbocycles. The minimum absolute atomic E-state index is 0.138. The minimum atomic E-state index is -0.138. The van der Waals surface area contributed by atoms with Gasteiger partial charge >= 0.3 is 0 Å². The molecule has 0 aliphatic heterocycles. The molecule has 4 rings (SSSR count). The highest BCUT2D eigenvalue weighted by Gasteiger charge is 2.27. The fourth-order valence-electron chi connectivity index (χ4n) is 4.74. The molecule has 12 heteroatoms. The highest BCUT2D eigenvalue weighted by Crippen LogP contribution is 2.39. The molecule has 0 aromatic carbocycles. The summed E-state index contributed by atoms with van der Waals surface area (Å²) in [7, 11) is 4.89. The number of aliphatic imine (C=N–C) groups is 1. The number of nitrogens with one attached hydrogen (secondary N) is 2. The zero-order chi connectivity index (χ0) is 28.3. The number of ether oxygens (including phenoxy) is 2. The fourth-order valence-corrected chi connectivity index (χ4v) is 6.75. The van der Waals surface area contributed by atoms with Gasteiger partial charge in [0.2, 0.25) is 22.8 Å². The Labute approximate surface area is 243 Å². The fraction of sp³-hybridized carbons (Fsp3) is 0.500. The largest absolute Gasteiger partial charge is 0.481 e. The molecular formula is C28H37N7O3S2. The maximum Gasteiger partial charge on any atom is 0.231 e. The molecule has 0 radical (unpaired) electrons. The van der Waals surface area contributed by atoms with Crippen LogP contribution in [0.3, 0.4) is 0 Å². The van der Waals surface area contributed by atoms with E-state index in [4.69, 9.17) is 9.47 Å². The molecule has 0 saturated heterocycles. The van der Waals surface area contributed by atoms with Crippen LogP contribution in [0.4, 0.5) is 5.13 Å². The lowest BCUT2D eigenvalue weighted by molar-refractivity contribution is -0.119. The third kappa shape index (κ3) is 8.88. The first-order valence-electron chi connectivity index (χ1n) is 13.4. The molecule has 214 valence electrons. The van der Waals surface area contributed by atoms with E-state index >= 15 is 0 Å². The summed E-state index contributed by atoms with van der Waals surface area (Å²) in [5.41, 5.74) is 1.63. The molecule has 3 atom stereocenters. The first-order chi connectivity index (χ1) is 19.4. The van der Waals surface area contributed by atoms with Crippen LogP contribution in [0, 0.1) is 5.92 Å². The Morgan fingerprint density at radius 2 is 1.82 bits per heavy atom. The van der Waals surface area contributed by atoms with Gasteiger partial charge in [-0.25, -0.2) is 9.97 Å². The van der Waals surface area contributed by atoms with E-state index in [1.165, 1.54) is 0 Å². The number of rotatable bonds is 11. The number of pyridine rings is 2. The molecule has 2 unspecified atom stereocenters. The maximum atomic E-state index is 12.6. The number of carbonyl (C=O) groups excluding carboxylic acids is 1. The molecule has 2 N–H and O–H groups in total. The van der Waals surface area contributed by atoms with Gasteiger partial charge in [0, 0.05) is 49.0 Å². The van der Waals surface area contributed by atoms with E-state index in [1.807, 2.05) is 30.3 Å². The second-order valence-electron chi connectivity index (χ2n) is 9.83. The lowest BCUT2D eigenvalue weighted by Crippen LogP contribution is -2.31. The van der Waals surface area contributed by atoms with Gasteiger partial charge < -0.3 is 20.1 Å². The Morgan fingerprint density at radius 1 is 1.10 bits per heavy atom. The quantitative estimate of drug-likeness (QED) is 0.243. The number of aromatic nitrogens is 4. The van der Waals surface area contributed by atoms with Crippen LogP contribution < -0.4 is 20.1 Å². The van der Waals surface area contributed by atoms with Crippen LogP contribution in [-0.4, -0.2) is 64.3 Å². The Bertz CT molecular complexity index is 1290. The molecule has 10 nitrogen and oxygen atoms in total. The van der Waals surface area contributed by atoms with Crippen LogP contribution in [0.1, 0.15) is 54.9 Å². The van der Waals surface area contributed by atoms with Crippen molar-refractivity contribution < 1.29 is 14.3 Å². The summed E-state index contributed by atoms with van der Waals surface area (Å²) in [6.07, 6.45) is 5.44. The van der Waals surface area contributed by atoms with Crippen molar-refractivity contribution in [1.29, 1.82) is 0 Å². The van der Waals surface area contributed by atoms with Crippen LogP contribution in [0.2, 0.25) is 0 Å². The average Bonchev–Trinajstić information content (AvgIpc) is 3.43. The SMILES string of the molecule is CN=C(NC(=O)Cc1cccc(OC)n1)SC[C@@H]1CCCC(c2nnc(NC(C)Cc3cccc(OC)n3)s2)C1. The number of methoxy groups -OCH3 is 2. The molecule has 1 amide bonds. The van der Waals surface area contributed by atoms with Crippen molar-refractivity contribution in [2.24, 2.45) is 10.9 Å². The van der Waals surface area contributed by atoms with Crippen molar-refractivity contribution in [3.63, 3.8) is 0 Å². The number of nitrogens with zero attached hydrogens (tertiary/aromatic N) is 5. The Kier molecular flexibility index (Phi) is 11.1. The lowest BCUT2D eigenvalue weighted by Gasteiger charge is -2.27. The predicted molar refractivity (Wildman–Crippen MR) is 161 cm³/mol. The van der Waals surface area contributed by atoms with Gasteiger partial charge in [-0.3, -0.25) is 9.79 Å². The zero-order valence-electron chi connectivity index (χ0n) is 23.4. The van der Waals surface area contributed by atoms with E-state index in [9.17, 15) is 4.79 Å². The lowest BCUT2D eigenvalue weighted by atomic mass is 9.83. The van der Waals surface area contributed by atoms with E-state index < -0.39 is 0 Å². The van der Waals surface area contributed by atoms with E-state index in [1.54, 1.807) is 50.4 Å². The van der Waals surface area contributed by atoms with Gasteiger partial charge in [0.25, 0.3) is 0 Å². The maximum absolute atomic E-state index is 12.6. The summed E-state index contributed by atoms with van der Waals surface area (Å²) in [6.45, 7) is 2.12. The predicted octanol–water partition coefficient (Wildman–Crippen LogP) is 4.74. The summed E-state index contributed by atoms with van der Waals surface area (Å²) >= 11 is 3.25. The normalized spacial score (nSPS) is 18.1. The summed E-state index contributed by atoms with van der Waals surface area (Å²) < 4.78 is 10.4. The van der Waals surface area contributed by atoms with Gasteiger partial charge in [-0.2, -0.15) is 0 Å². The van der Waals surface area contributed by atoms with Gasteiger partial charge in [-0.1, -0.05) is 41.7 Å². The molecule has 3 aromatic heterocycles. The van der Waals surface area contributed by atoms with Crippen LogP contribution >= 0.6 is 23.1 Å². The third-order valence-electron chi connectivity index (χ3n) is 6.69. The minimum Gasteiger partial charge on any atom is -0.481 e. The van der Waals surface area contributed by atoms with Crippen molar-refractivity contribution in [2.75, 3.05) is 32.3 Å². The van der Waals surface area contributed by atoms with E-state index in [0.29, 0.717) is 34.5 Å². The molecular weight excluding hydrogens is 546 g/mol. The van der Waals surface area contributed by atoms with Gasteiger partial charge in [0.05, 0.1) is 26.3 Å². The molecule has 3 heterocycles. The van der Waals surface area contributed by atoms with E-state index in [-0.39, 0.29) is 18.4 Å². The number of carbonyl (C=O) groups is 1. The number of amides is 1. The molecule has 0 bridgehead atoms. The second kappa shape index (κ2) is 14.9. The zero-order valence-corrected chi connectivity index (χ0v) is 25.1. The first-order valence-corrected chi connectivity index (χ1v) is 15.2. The first kappa shape index (κ1) is 29.7. The van der Waals surface area contributed by atoms with Gasteiger partial charge in [0.1, 0.15) is 5.01 Å². The molecule has 3 aromatic rings.